The van der Waals surface area contributed by atoms with E-state index in [1.807, 2.05) is 43.3 Å². The smallest absolute Gasteiger partial charge is 0.220 e. The van der Waals surface area contributed by atoms with Gasteiger partial charge in [0.2, 0.25) is 5.91 Å². The Hall–Kier alpha value is -2.20. The van der Waals surface area contributed by atoms with E-state index in [4.69, 9.17) is 21.1 Å². The summed E-state index contributed by atoms with van der Waals surface area (Å²) in [6.07, 6.45) is 1.06. The van der Waals surface area contributed by atoms with E-state index in [0.717, 1.165) is 21.7 Å². The lowest BCUT2D eigenvalue weighted by atomic mass is 10.1. The number of hydrogen-bond donors (Lipinski definition) is 1. The number of amides is 1. The number of ether oxygens (including phenoxy) is 2. The number of carbonyl (C=O) groups excluding carboxylic acids is 1. The van der Waals surface area contributed by atoms with Crippen molar-refractivity contribution in [2.45, 2.75) is 26.3 Å². The molecular weight excluding hydrogens is 326 g/mol. The predicted octanol–water partition coefficient (Wildman–Crippen LogP) is 3.91. The van der Waals surface area contributed by atoms with Gasteiger partial charge in [0.15, 0.2) is 11.5 Å². The lowest BCUT2D eigenvalue weighted by Crippen LogP contribution is -2.23. The van der Waals surface area contributed by atoms with Crippen molar-refractivity contribution in [3.8, 4) is 11.5 Å². The third-order valence-corrected chi connectivity index (χ3v) is 4.24. The number of nitrogens with one attached hydrogen (secondary N) is 1. The van der Waals surface area contributed by atoms with Gasteiger partial charge in [-0.25, -0.2) is 0 Å². The molecule has 1 amide bonds. The summed E-state index contributed by atoms with van der Waals surface area (Å²) in [5.41, 5.74) is 2.97. The van der Waals surface area contributed by atoms with Crippen LogP contribution in [0.4, 0.5) is 0 Å². The Morgan fingerprint density at radius 1 is 1.17 bits per heavy atom. The highest BCUT2D eigenvalue weighted by atomic mass is 35.5. The lowest BCUT2D eigenvalue weighted by molar-refractivity contribution is -0.121. The van der Waals surface area contributed by atoms with Crippen LogP contribution in [-0.4, -0.2) is 20.1 Å². The molecular formula is C19H22ClNO3. The van der Waals surface area contributed by atoms with Crippen molar-refractivity contribution in [1.29, 1.82) is 0 Å². The molecule has 128 valence electrons. The number of benzene rings is 2. The van der Waals surface area contributed by atoms with Crippen LogP contribution < -0.4 is 14.8 Å². The summed E-state index contributed by atoms with van der Waals surface area (Å²) >= 11 is 6.11. The summed E-state index contributed by atoms with van der Waals surface area (Å²) < 4.78 is 10.6. The van der Waals surface area contributed by atoms with Gasteiger partial charge in [-0.2, -0.15) is 0 Å². The minimum atomic E-state index is -0.0171. The van der Waals surface area contributed by atoms with Crippen molar-refractivity contribution in [1.82, 2.24) is 5.32 Å². The fourth-order valence-corrected chi connectivity index (χ4v) is 2.63. The summed E-state index contributed by atoms with van der Waals surface area (Å²) in [5.74, 6) is 1.28. The third-order valence-electron chi connectivity index (χ3n) is 3.84. The number of para-hydroxylation sites is 1. The predicted molar refractivity (Wildman–Crippen MR) is 95.9 cm³/mol. The SMILES string of the molecule is COc1cccc(CNC(=O)CCc2ccc(C)c(Cl)c2)c1OC. The van der Waals surface area contributed by atoms with Crippen molar-refractivity contribution >= 4 is 17.5 Å². The average molecular weight is 348 g/mol. The number of carbonyl (C=O) groups is 1. The Labute approximate surface area is 147 Å². The number of aryl methyl sites for hydroxylation is 2. The normalized spacial score (nSPS) is 10.3. The van der Waals surface area contributed by atoms with Gasteiger partial charge in [-0.1, -0.05) is 35.9 Å². The molecule has 0 heterocycles. The number of methoxy groups -OCH3 is 2. The van der Waals surface area contributed by atoms with Crippen molar-refractivity contribution < 1.29 is 14.3 Å². The number of hydrogen-bond acceptors (Lipinski definition) is 3. The largest absolute Gasteiger partial charge is 0.493 e. The standard InChI is InChI=1S/C19H22ClNO3/c1-13-7-8-14(11-16(13)20)9-10-18(22)21-12-15-5-4-6-17(23-2)19(15)24-3/h4-8,11H,9-10,12H2,1-3H3,(H,21,22). The second-order valence-corrected chi connectivity index (χ2v) is 5.92. The van der Waals surface area contributed by atoms with E-state index in [2.05, 4.69) is 5.32 Å². The molecule has 0 saturated heterocycles. The molecule has 2 aromatic rings. The highest BCUT2D eigenvalue weighted by Crippen LogP contribution is 2.30. The first kappa shape index (κ1) is 18.1. The van der Waals surface area contributed by atoms with Crippen LogP contribution in [-0.2, 0) is 17.8 Å². The molecule has 0 bridgehead atoms. The molecule has 0 fully saturated rings. The highest BCUT2D eigenvalue weighted by molar-refractivity contribution is 6.31. The fraction of sp³-hybridized carbons (Fsp3) is 0.316. The van der Waals surface area contributed by atoms with Crippen molar-refractivity contribution in [3.63, 3.8) is 0 Å². The average Bonchev–Trinajstić information content (AvgIpc) is 2.60. The number of rotatable bonds is 7. The quantitative estimate of drug-likeness (QED) is 0.826. The molecule has 0 aromatic heterocycles. The van der Waals surface area contributed by atoms with E-state index < -0.39 is 0 Å². The van der Waals surface area contributed by atoms with Crippen LogP contribution in [0.25, 0.3) is 0 Å². The number of halogens is 1. The van der Waals surface area contributed by atoms with Crippen LogP contribution in [0.1, 0.15) is 23.1 Å². The van der Waals surface area contributed by atoms with E-state index in [-0.39, 0.29) is 5.91 Å². The van der Waals surface area contributed by atoms with E-state index in [1.54, 1.807) is 14.2 Å². The molecule has 1 N–H and O–H groups in total. The Morgan fingerprint density at radius 3 is 2.62 bits per heavy atom. The van der Waals surface area contributed by atoms with Gasteiger partial charge in [-0.15, -0.1) is 0 Å². The molecule has 0 spiro atoms. The zero-order chi connectivity index (χ0) is 17.5. The zero-order valence-corrected chi connectivity index (χ0v) is 14.9. The van der Waals surface area contributed by atoms with E-state index in [9.17, 15) is 4.79 Å². The topological polar surface area (TPSA) is 47.6 Å². The molecule has 2 rings (SSSR count). The Balaban J connectivity index is 1.90. The van der Waals surface area contributed by atoms with E-state index in [0.29, 0.717) is 30.9 Å². The lowest BCUT2D eigenvalue weighted by Gasteiger charge is -2.13. The molecule has 24 heavy (non-hydrogen) atoms. The summed E-state index contributed by atoms with van der Waals surface area (Å²) in [4.78, 5) is 12.1. The van der Waals surface area contributed by atoms with Gasteiger partial charge in [0.25, 0.3) is 0 Å². The second-order valence-electron chi connectivity index (χ2n) is 5.51. The Bertz CT molecular complexity index is 716. The monoisotopic (exact) mass is 347 g/mol. The molecule has 0 radical (unpaired) electrons. The molecule has 2 aromatic carbocycles. The van der Waals surface area contributed by atoms with Crippen LogP contribution in [0.3, 0.4) is 0 Å². The molecule has 4 nitrogen and oxygen atoms in total. The summed E-state index contributed by atoms with van der Waals surface area (Å²) in [7, 11) is 3.18. The molecule has 0 aliphatic rings. The highest BCUT2D eigenvalue weighted by Gasteiger charge is 2.10. The second kappa shape index (κ2) is 8.60. The Kier molecular flexibility index (Phi) is 6.50. The van der Waals surface area contributed by atoms with Crippen LogP contribution in [0.15, 0.2) is 36.4 Å². The first-order valence-electron chi connectivity index (χ1n) is 7.76. The van der Waals surface area contributed by atoms with Gasteiger partial charge >= 0.3 is 0 Å². The zero-order valence-electron chi connectivity index (χ0n) is 14.2. The van der Waals surface area contributed by atoms with Crippen molar-refractivity contribution in [2.24, 2.45) is 0 Å². The minimum Gasteiger partial charge on any atom is -0.493 e. The Morgan fingerprint density at radius 2 is 1.96 bits per heavy atom. The van der Waals surface area contributed by atoms with Crippen molar-refractivity contribution in [3.05, 3.63) is 58.1 Å². The minimum absolute atomic E-state index is 0.0171. The van der Waals surface area contributed by atoms with E-state index in [1.165, 1.54) is 0 Å². The summed E-state index contributed by atoms with van der Waals surface area (Å²) in [6.45, 7) is 2.36. The van der Waals surface area contributed by atoms with Crippen LogP contribution >= 0.6 is 11.6 Å². The molecule has 5 heteroatoms. The molecule has 0 aliphatic carbocycles. The first-order chi connectivity index (χ1) is 11.5. The van der Waals surface area contributed by atoms with Gasteiger partial charge in [0, 0.05) is 23.6 Å². The summed E-state index contributed by atoms with van der Waals surface area (Å²) in [5, 5.41) is 3.64. The third kappa shape index (κ3) is 4.65. The first-order valence-corrected chi connectivity index (χ1v) is 8.14. The summed E-state index contributed by atoms with van der Waals surface area (Å²) in [6, 6.07) is 11.5. The van der Waals surface area contributed by atoms with Gasteiger partial charge in [-0.3, -0.25) is 4.79 Å². The van der Waals surface area contributed by atoms with Crippen LogP contribution in [0.2, 0.25) is 5.02 Å². The molecule has 0 saturated carbocycles. The van der Waals surface area contributed by atoms with Crippen molar-refractivity contribution in [2.75, 3.05) is 14.2 Å². The fourth-order valence-electron chi connectivity index (χ4n) is 2.42. The van der Waals surface area contributed by atoms with E-state index >= 15 is 0 Å². The van der Waals surface area contributed by atoms with Gasteiger partial charge in [0.05, 0.1) is 14.2 Å². The molecule has 0 aliphatic heterocycles. The maximum absolute atomic E-state index is 12.1. The van der Waals surface area contributed by atoms with Crippen LogP contribution in [0.5, 0.6) is 11.5 Å². The van der Waals surface area contributed by atoms with Gasteiger partial charge in [-0.05, 0) is 36.6 Å². The van der Waals surface area contributed by atoms with Gasteiger partial charge < -0.3 is 14.8 Å². The maximum atomic E-state index is 12.1. The molecule has 0 atom stereocenters. The van der Waals surface area contributed by atoms with Crippen LogP contribution in [0, 0.1) is 6.92 Å². The van der Waals surface area contributed by atoms with Gasteiger partial charge in [0.1, 0.15) is 0 Å². The maximum Gasteiger partial charge on any atom is 0.220 e. The molecule has 0 unspecified atom stereocenters.